The van der Waals surface area contributed by atoms with Crippen LogP contribution in [-0.2, 0) is 18.5 Å². The predicted molar refractivity (Wildman–Crippen MR) is 67.5 cm³/mol. The molecular weight excluding hydrogens is 241 g/mol. The zero-order valence-corrected chi connectivity index (χ0v) is 11.9. The van der Waals surface area contributed by atoms with Crippen LogP contribution in [0, 0.1) is 0 Å². The Balaban J connectivity index is 2.53. The van der Waals surface area contributed by atoms with Crippen LogP contribution in [0.3, 0.4) is 0 Å². The van der Waals surface area contributed by atoms with Crippen LogP contribution in [0.5, 0.6) is 0 Å². The Labute approximate surface area is 103 Å². The quantitative estimate of drug-likeness (QED) is 0.662. The summed E-state index contributed by atoms with van der Waals surface area (Å²) >= 11 is 0. The van der Waals surface area contributed by atoms with Crippen molar-refractivity contribution in [1.29, 1.82) is 0 Å². The molecule has 0 spiro atoms. The fraction of sp³-hybridized carbons (Fsp3) is 0.909. The first-order valence-electron chi connectivity index (χ1n) is 6.10. The Morgan fingerprint density at radius 3 is 2.47 bits per heavy atom. The molecule has 1 aliphatic heterocycles. The van der Waals surface area contributed by atoms with Crippen molar-refractivity contribution in [2.45, 2.75) is 52.3 Å². The topological polar surface area (TPSA) is 57.1 Å². The molecular formula is C11H22NO4P. The van der Waals surface area contributed by atoms with E-state index in [-0.39, 0.29) is 11.8 Å². The van der Waals surface area contributed by atoms with Gasteiger partial charge in [0, 0.05) is 12.8 Å². The van der Waals surface area contributed by atoms with Gasteiger partial charge in [-0.15, -0.1) is 0 Å². The van der Waals surface area contributed by atoms with E-state index in [1.165, 1.54) is 0 Å². The highest BCUT2D eigenvalue weighted by atomic mass is 31.2. The monoisotopic (exact) mass is 263 g/mol. The molecule has 0 aromatic rings. The Hall–Kier alpha value is -0.380. The number of rotatable bonds is 7. The van der Waals surface area contributed by atoms with Gasteiger partial charge in [0.05, 0.1) is 24.6 Å². The molecule has 2 unspecified atom stereocenters. The molecule has 2 atom stereocenters. The van der Waals surface area contributed by atoms with Gasteiger partial charge in [0.25, 0.3) is 0 Å². The smallest absolute Gasteiger partial charge is 0.333 e. The van der Waals surface area contributed by atoms with Crippen LogP contribution in [0.4, 0.5) is 0 Å². The maximum absolute atomic E-state index is 12.4. The minimum Gasteiger partial charge on any atom is -0.392 e. The van der Waals surface area contributed by atoms with Gasteiger partial charge in [-0.1, -0.05) is 12.1 Å². The molecule has 0 aromatic carbocycles. The van der Waals surface area contributed by atoms with E-state index >= 15 is 0 Å². The third kappa shape index (κ3) is 4.09. The summed E-state index contributed by atoms with van der Waals surface area (Å²) in [5.74, 6) is 0. The minimum atomic E-state index is -3.01. The van der Waals surface area contributed by atoms with Crippen molar-refractivity contribution >= 4 is 13.3 Å². The molecule has 0 aromatic heterocycles. The minimum absolute atomic E-state index is 0.000706. The summed E-state index contributed by atoms with van der Waals surface area (Å²) in [6.07, 6.45) is 1.43. The Kier molecular flexibility index (Phi) is 5.63. The van der Waals surface area contributed by atoms with Crippen LogP contribution in [0.1, 0.15) is 40.5 Å². The fourth-order valence-electron chi connectivity index (χ4n) is 1.86. The highest BCUT2D eigenvalue weighted by Crippen LogP contribution is 2.54. The van der Waals surface area contributed by atoms with E-state index < -0.39 is 7.60 Å². The van der Waals surface area contributed by atoms with E-state index in [0.717, 1.165) is 12.1 Å². The molecule has 0 fully saturated rings. The molecule has 1 heterocycles. The third-order valence-electron chi connectivity index (χ3n) is 2.64. The van der Waals surface area contributed by atoms with Crippen LogP contribution in [0.15, 0.2) is 5.16 Å². The van der Waals surface area contributed by atoms with Crippen molar-refractivity contribution in [3.05, 3.63) is 0 Å². The maximum Gasteiger partial charge on any atom is 0.333 e. The zero-order valence-electron chi connectivity index (χ0n) is 11.0. The van der Waals surface area contributed by atoms with E-state index in [9.17, 15) is 4.57 Å². The highest BCUT2D eigenvalue weighted by molar-refractivity contribution is 7.54. The Morgan fingerprint density at radius 2 is 2.06 bits per heavy atom. The number of nitrogens with zero attached hydrogens (tertiary/aromatic N) is 1. The summed E-state index contributed by atoms with van der Waals surface area (Å²) in [7, 11) is -3.01. The Morgan fingerprint density at radius 1 is 1.47 bits per heavy atom. The summed E-state index contributed by atoms with van der Waals surface area (Å²) in [5, 5.41) is 3.89. The van der Waals surface area contributed by atoms with Gasteiger partial charge in [-0.05, 0) is 20.8 Å². The van der Waals surface area contributed by atoms with Gasteiger partial charge in [0.2, 0.25) is 0 Å². The summed E-state index contributed by atoms with van der Waals surface area (Å²) in [6.45, 7) is 8.22. The predicted octanol–water partition coefficient (Wildman–Crippen LogP) is 3.20. The SMILES string of the molecule is CCOP(=O)(OCC)C(C)CC1CC(C)=NO1. The van der Waals surface area contributed by atoms with Crippen molar-refractivity contribution < 1.29 is 18.5 Å². The molecule has 6 heteroatoms. The molecule has 100 valence electrons. The van der Waals surface area contributed by atoms with Gasteiger partial charge < -0.3 is 13.9 Å². The lowest BCUT2D eigenvalue weighted by atomic mass is 10.1. The molecule has 5 nitrogen and oxygen atoms in total. The standard InChI is InChI=1S/C11H22NO4P/c1-5-14-17(13,15-6-2)10(4)8-11-7-9(3)12-16-11/h10-11H,5-8H2,1-4H3. The molecule has 1 rings (SSSR count). The second kappa shape index (κ2) is 6.53. The van der Waals surface area contributed by atoms with E-state index in [1.807, 2.05) is 27.7 Å². The molecule has 0 aliphatic carbocycles. The third-order valence-corrected chi connectivity index (χ3v) is 5.17. The molecule has 0 N–H and O–H groups in total. The van der Waals surface area contributed by atoms with Gasteiger partial charge in [-0.2, -0.15) is 0 Å². The second-order valence-corrected chi connectivity index (χ2v) is 6.70. The molecule has 1 aliphatic rings. The van der Waals surface area contributed by atoms with Gasteiger partial charge in [-0.3, -0.25) is 4.57 Å². The molecule has 17 heavy (non-hydrogen) atoms. The average molecular weight is 263 g/mol. The summed E-state index contributed by atoms with van der Waals surface area (Å²) < 4.78 is 23.1. The fourth-order valence-corrected chi connectivity index (χ4v) is 3.65. The van der Waals surface area contributed by atoms with Crippen molar-refractivity contribution in [1.82, 2.24) is 0 Å². The average Bonchev–Trinajstić information content (AvgIpc) is 2.64. The van der Waals surface area contributed by atoms with Crippen molar-refractivity contribution in [2.24, 2.45) is 5.16 Å². The molecule has 0 amide bonds. The number of hydrogen-bond acceptors (Lipinski definition) is 5. The summed E-state index contributed by atoms with van der Waals surface area (Å²) in [6, 6.07) is 0. The van der Waals surface area contributed by atoms with E-state index in [2.05, 4.69) is 5.16 Å². The zero-order chi connectivity index (χ0) is 12.9. The normalized spacial score (nSPS) is 22.1. The molecule has 0 saturated carbocycles. The number of hydrogen-bond donors (Lipinski definition) is 0. The lowest BCUT2D eigenvalue weighted by molar-refractivity contribution is 0.0760. The molecule has 0 radical (unpaired) electrons. The van der Waals surface area contributed by atoms with Gasteiger partial charge in [-0.25, -0.2) is 0 Å². The molecule has 0 bridgehead atoms. The van der Waals surface area contributed by atoms with Gasteiger partial charge in [0.15, 0.2) is 0 Å². The number of oxime groups is 1. The molecule has 0 saturated heterocycles. The summed E-state index contributed by atoms with van der Waals surface area (Å²) in [4.78, 5) is 5.24. The van der Waals surface area contributed by atoms with Crippen LogP contribution in [-0.4, -0.2) is 30.7 Å². The van der Waals surface area contributed by atoms with E-state index in [4.69, 9.17) is 13.9 Å². The van der Waals surface area contributed by atoms with E-state index in [0.29, 0.717) is 19.6 Å². The highest BCUT2D eigenvalue weighted by Gasteiger charge is 2.35. The first-order valence-corrected chi connectivity index (χ1v) is 7.71. The largest absolute Gasteiger partial charge is 0.392 e. The van der Waals surface area contributed by atoms with Crippen LogP contribution in [0.25, 0.3) is 0 Å². The summed E-state index contributed by atoms with van der Waals surface area (Å²) in [5.41, 5.74) is 0.804. The van der Waals surface area contributed by atoms with Crippen molar-refractivity contribution in [3.8, 4) is 0 Å². The van der Waals surface area contributed by atoms with E-state index in [1.54, 1.807) is 0 Å². The first-order chi connectivity index (χ1) is 8.01. The van der Waals surface area contributed by atoms with Crippen LogP contribution >= 0.6 is 7.60 Å². The van der Waals surface area contributed by atoms with Crippen molar-refractivity contribution in [3.63, 3.8) is 0 Å². The first kappa shape index (κ1) is 14.7. The Bertz CT molecular complexity index is 309. The second-order valence-electron chi connectivity index (χ2n) is 4.22. The van der Waals surface area contributed by atoms with Gasteiger partial charge >= 0.3 is 7.60 Å². The lowest BCUT2D eigenvalue weighted by Crippen LogP contribution is -2.18. The van der Waals surface area contributed by atoms with Crippen LogP contribution in [0.2, 0.25) is 0 Å². The lowest BCUT2D eigenvalue weighted by Gasteiger charge is -2.24. The van der Waals surface area contributed by atoms with Gasteiger partial charge in [0.1, 0.15) is 6.10 Å². The maximum atomic E-state index is 12.4. The van der Waals surface area contributed by atoms with Crippen LogP contribution < -0.4 is 0 Å². The van der Waals surface area contributed by atoms with Crippen molar-refractivity contribution in [2.75, 3.05) is 13.2 Å².